The third-order valence-electron chi connectivity index (χ3n) is 15.0. The van der Waals surface area contributed by atoms with Crippen molar-refractivity contribution in [1.82, 2.24) is 0 Å². The maximum atomic E-state index is 12.9. The lowest BCUT2D eigenvalue weighted by molar-refractivity contribution is -0.167. The number of unbranched alkanes of at least 4 members (excludes halogenated alkanes) is 46. The van der Waals surface area contributed by atoms with Gasteiger partial charge in [-0.15, -0.1) is 0 Å². The van der Waals surface area contributed by atoms with Crippen LogP contribution in [-0.4, -0.2) is 37.2 Å². The predicted octanol–water partition coefficient (Wildman–Crippen LogP) is 22.2. The molecule has 0 saturated carbocycles. The predicted molar refractivity (Wildman–Crippen MR) is 316 cm³/mol. The second-order valence-corrected chi connectivity index (χ2v) is 22.4. The summed E-state index contributed by atoms with van der Waals surface area (Å²) in [6, 6.07) is 0. The van der Waals surface area contributed by atoms with Crippen molar-refractivity contribution in [1.29, 1.82) is 0 Å². The van der Waals surface area contributed by atoms with Gasteiger partial charge in [-0.2, -0.15) is 0 Å². The van der Waals surface area contributed by atoms with Gasteiger partial charge in [-0.25, -0.2) is 0 Å². The van der Waals surface area contributed by atoms with Gasteiger partial charge in [0, 0.05) is 19.3 Å². The quantitative estimate of drug-likeness (QED) is 0.0261. The van der Waals surface area contributed by atoms with Gasteiger partial charge in [-0.05, 0) is 51.4 Å². The van der Waals surface area contributed by atoms with Crippen LogP contribution in [0.25, 0.3) is 0 Å². The molecule has 6 heteroatoms. The van der Waals surface area contributed by atoms with Crippen molar-refractivity contribution in [3.05, 3.63) is 24.3 Å². The molecule has 0 N–H and O–H groups in total. The van der Waals surface area contributed by atoms with E-state index in [4.69, 9.17) is 14.2 Å². The second kappa shape index (κ2) is 62.4. The first-order valence-corrected chi connectivity index (χ1v) is 32.8. The Bertz CT molecular complexity index is 1180. The van der Waals surface area contributed by atoms with Crippen LogP contribution in [0, 0.1) is 0 Å². The number of hydrogen-bond acceptors (Lipinski definition) is 6. The minimum Gasteiger partial charge on any atom is -0.462 e. The van der Waals surface area contributed by atoms with E-state index in [1.807, 2.05) is 0 Å². The van der Waals surface area contributed by atoms with Crippen molar-refractivity contribution >= 4 is 17.9 Å². The average Bonchev–Trinajstić information content (AvgIpc) is 3.39. The van der Waals surface area contributed by atoms with Gasteiger partial charge in [0.15, 0.2) is 6.10 Å². The molecule has 0 bridgehead atoms. The number of hydrogen-bond donors (Lipinski definition) is 0. The van der Waals surface area contributed by atoms with Crippen LogP contribution in [0.2, 0.25) is 0 Å². The van der Waals surface area contributed by atoms with Gasteiger partial charge < -0.3 is 14.2 Å². The Hall–Kier alpha value is -2.11. The molecular formula is C67H126O6. The van der Waals surface area contributed by atoms with E-state index in [1.54, 1.807) is 0 Å². The van der Waals surface area contributed by atoms with E-state index in [9.17, 15) is 14.4 Å². The fraction of sp³-hybridized carbons (Fsp3) is 0.896. The monoisotopic (exact) mass is 1030 g/mol. The van der Waals surface area contributed by atoms with E-state index in [2.05, 4.69) is 45.1 Å². The van der Waals surface area contributed by atoms with Gasteiger partial charge >= 0.3 is 17.9 Å². The Morgan fingerprint density at radius 3 is 0.781 bits per heavy atom. The number of ether oxygens (including phenoxy) is 3. The standard InChI is InChI=1S/C67H126O6/c1-4-7-10-13-16-19-21-23-25-27-29-30-31-32-33-34-35-36-38-39-41-43-45-48-51-54-57-60-66(69)72-63-64(62-71-65(68)59-56-53-50-47-18-15-12-9-6-3)73-67(70)61-58-55-52-49-46-44-42-40-37-28-26-24-22-20-17-14-11-8-5-2/h17,20,24,26,64H,4-16,18-19,21-23,25,27-63H2,1-3H3/b20-17-,26-24-. The Morgan fingerprint density at radius 1 is 0.274 bits per heavy atom. The average molecular weight is 1030 g/mol. The normalized spacial score (nSPS) is 12.1. The number of esters is 3. The SMILES string of the molecule is CCCCC/C=C\C/C=C\CCCCCCCCCCCC(=O)OC(COC(=O)CCCCCCCCCCC)COC(=O)CCCCCCCCCCCCCCCCCCCCCCCCCCCCC. The van der Waals surface area contributed by atoms with Crippen molar-refractivity contribution in [2.45, 2.75) is 374 Å². The molecule has 0 heterocycles. The fourth-order valence-corrected chi connectivity index (χ4v) is 10.0. The molecule has 0 amide bonds. The Kier molecular flexibility index (Phi) is 60.6. The maximum absolute atomic E-state index is 12.9. The fourth-order valence-electron chi connectivity index (χ4n) is 10.0. The van der Waals surface area contributed by atoms with Crippen LogP contribution in [-0.2, 0) is 28.6 Å². The summed E-state index contributed by atoms with van der Waals surface area (Å²) in [7, 11) is 0. The van der Waals surface area contributed by atoms with Crippen molar-refractivity contribution in [3.63, 3.8) is 0 Å². The summed E-state index contributed by atoms with van der Waals surface area (Å²) in [4.78, 5) is 38.2. The van der Waals surface area contributed by atoms with Gasteiger partial charge in [0.25, 0.3) is 0 Å². The molecule has 0 aliphatic carbocycles. The molecular weight excluding hydrogens is 901 g/mol. The van der Waals surface area contributed by atoms with Crippen molar-refractivity contribution in [3.8, 4) is 0 Å². The first-order valence-electron chi connectivity index (χ1n) is 32.8. The molecule has 0 rings (SSSR count). The van der Waals surface area contributed by atoms with Crippen molar-refractivity contribution in [2.24, 2.45) is 0 Å². The highest BCUT2D eigenvalue weighted by molar-refractivity contribution is 5.71. The highest BCUT2D eigenvalue weighted by Gasteiger charge is 2.19. The maximum Gasteiger partial charge on any atom is 0.306 e. The minimum absolute atomic E-state index is 0.0672. The zero-order valence-corrected chi connectivity index (χ0v) is 49.4. The van der Waals surface area contributed by atoms with Gasteiger partial charge in [0.1, 0.15) is 13.2 Å². The highest BCUT2D eigenvalue weighted by Crippen LogP contribution is 2.18. The van der Waals surface area contributed by atoms with E-state index in [-0.39, 0.29) is 31.1 Å². The zero-order chi connectivity index (χ0) is 52.9. The molecule has 73 heavy (non-hydrogen) atoms. The highest BCUT2D eigenvalue weighted by atomic mass is 16.6. The third-order valence-corrected chi connectivity index (χ3v) is 15.0. The van der Waals surface area contributed by atoms with E-state index >= 15 is 0 Å². The zero-order valence-electron chi connectivity index (χ0n) is 49.4. The number of allylic oxidation sites excluding steroid dienone is 4. The topological polar surface area (TPSA) is 78.9 Å². The van der Waals surface area contributed by atoms with Gasteiger partial charge in [-0.1, -0.05) is 321 Å². The molecule has 6 nitrogen and oxygen atoms in total. The molecule has 0 aromatic rings. The Labute approximate surface area is 455 Å². The summed E-state index contributed by atoms with van der Waals surface area (Å²) >= 11 is 0. The smallest absolute Gasteiger partial charge is 0.306 e. The minimum atomic E-state index is -0.769. The molecule has 1 unspecified atom stereocenters. The molecule has 0 aromatic heterocycles. The summed E-state index contributed by atoms with van der Waals surface area (Å²) in [6.07, 6.45) is 75.0. The largest absolute Gasteiger partial charge is 0.462 e. The lowest BCUT2D eigenvalue weighted by Gasteiger charge is -2.18. The van der Waals surface area contributed by atoms with Gasteiger partial charge in [0.2, 0.25) is 0 Å². The summed E-state index contributed by atoms with van der Waals surface area (Å²) in [5, 5.41) is 0. The van der Waals surface area contributed by atoms with Crippen LogP contribution in [0.4, 0.5) is 0 Å². The number of carbonyl (C=O) groups excluding carboxylic acids is 3. The van der Waals surface area contributed by atoms with Crippen molar-refractivity contribution < 1.29 is 28.6 Å². The summed E-state index contributed by atoms with van der Waals surface area (Å²) < 4.78 is 16.9. The second-order valence-electron chi connectivity index (χ2n) is 22.4. The molecule has 0 aromatic carbocycles. The number of rotatable bonds is 61. The molecule has 0 aliphatic heterocycles. The molecule has 0 saturated heterocycles. The first kappa shape index (κ1) is 70.9. The van der Waals surface area contributed by atoms with Crippen LogP contribution in [0.1, 0.15) is 367 Å². The summed E-state index contributed by atoms with van der Waals surface area (Å²) in [5.41, 5.74) is 0. The lowest BCUT2D eigenvalue weighted by atomic mass is 10.0. The summed E-state index contributed by atoms with van der Waals surface area (Å²) in [6.45, 7) is 6.66. The van der Waals surface area contributed by atoms with Crippen LogP contribution >= 0.6 is 0 Å². The van der Waals surface area contributed by atoms with E-state index in [1.165, 1.54) is 263 Å². The summed E-state index contributed by atoms with van der Waals surface area (Å²) in [5.74, 6) is -0.849. The molecule has 0 radical (unpaired) electrons. The van der Waals surface area contributed by atoms with Crippen LogP contribution in [0.15, 0.2) is 24.3 Å². The number of carbonyl (C=O) groups is 3. The Morgan fingerprint density at radius 2 is 0.493 bits per heavy atom. The van der Waals surface area contributed by atoms with Crippen LogP contribution in [0.3, 0.4) is 0 Å². The molecule has 0 spiro atoms. The van der Waals surface area contributed by atoms with Crippen molar-refractivity contribution in [2.75, 3.05) is 13.2 Å². The van der Waals surface area contributed by atoms with Gasteiger partial charge in [0.05, 0.1) is 0 Å². The lowest BCUT2D eigenvalue weighted by Crippen LogP contribution is -2.30. The molecule has 430 valence electrons. The van der Waals surface area contributed by atoms with E-state index in [0.29, 0.717) is 19.3 Å². The van der Waals surface area contributed by atoms with E-state index < -0.39 is 6.10 Å². The van der Waals surface area contributed by atoms with Gasteiger partial charge in [-0.3, -0.25) is 14.4 Å². The van der Waals surface area contributed by atoms with Crippen LogP contribution < -0.4 is 0 Å². The molecule has 0 fully saturated rings. The van der Waals surface area contributed by atoms with Crippen LogP contribution in [0.5, 0.6) is 0 Å². The molecule has 1 atom stereocenters. The third kappa shape index (κ3) is 60.6. The first-order chi connectivity index (χ1) is 36.0. The Balaban J connectivity index is 4.11. The molecule has 0 aliphatic rings. The van der Waals surface area contributed by atoms with E-state index in [0.717, 1.165) is 64.2 Å².